The Morgan fingerprint density at radius 3 is 2.29 bits per heavy atom. The maximum atomic E-state index is 11.7. The van der Waals surface area contributed by atoms with E-state index in [4.69, 9.17) is 9.47 Å². The molecule has 1 fully saturated rings. The molecule has 17 heavy (non-hydrogen) atoms. The number of ether oxygens (including phenoxy) is 3. The Kier molecular flexibility index (Phi) is 3.66. The highest BCUT2D eigenvalue weighted by Gasteiger charge is 2.39. The Labute approximate surface area is 101 Å². The van der Waals surface area contributed by atoms with Gasteiger partial charge in [-0.25, -0.2) is 9.59 Å². The fourth-order valence-electron chi connectivity index (χ4n) is 1.44. The zero-order valence-electron chi connectivity index (χ0n) is 10.9. The molecule has 6 heteroatoms. The normalized spacial score (nSPS) is 19.0. The van der Waals surface area contributed by atoms with Crippen molar-refractivity contribution in [2.75, 3.05) is 13.2 Å². The van der Waals surface area contributed by atoms with Crippen molar-refractivity contribution in [3.8, 4) is 0 Å². The molecule has 0 bridgehead atoms. The molecule has 1 rings (SSSR count). The third-order valence-corrected chi connectivity index (χ3v) is 2.20. The molecule has 0 aromatic heterocycles. The van der Waals surface area contributed by atoms with E-state index >= 15 is 0 Å². The van der Waals surface area contributed by atoms with Gasteiger partial charge in [0.1, 0.15) is 11.3 Å². The Morgan fingerprint density at radius 1 is 1.29 bits per heavy atom. The molecule has 0 atom stereocenters. The number of amides is 1. The monoisotopic (exact) mass is 245 g/mol. The number of hydrogen-bond donors (Lipinski definition) is 0. The molecule has 0 N–H and O–H groups in total. The van der Waals surface area contributed by atoms with E-state index in [1.807, 2.05) is 0 Å². The van der Waals surface area contributed by atoms with Crippen LogP contribution in [0.15, 0.2) is 0 Å². The van der Waals surface area contributed by atoms with Crippen LogP contribution in [0.2, 0.25) is 0 Å². The van der Waals surface area contributed by atoms with Gasteiger partial charge in [-0.1, -0.05) is 0 Å². The summed E-state index contributed by atoms with van der Waals surface area (Å²) < 4.78 is 14.8. The molecule has 0 aromatic carbocycles. The van der Waals surface area contributed by atoms with Gasteiger partial charge < -0.3 is 14.2 Å². The van der Waals surface area contributed by atoms with Crippen LogP contribution in [0.3, 0.4) is 0 Å². The van der Waals surface area contributed by atoms with E-state index in [1.165, 1.54) is 4.90 Å². The first-order valence-corrected chi connectivity index (χ1v) is 5.48. The molecule has 1 heterocycles. The van der Waals surface area contributed by atoms with E-state index in [9.17, 15) is 9.59 Å². The summed E-state index contributed by atoms with van der Waals surface area (Å²) in [5.74, 6) is 0. The van der Waals surface area contributed by atoms with Gasteiger partial charge in [0.15, 0.2) is 0 Å². The van der Waals surface area contributed by atoms with Crippen molar-refractivity contribution in [2.45, 2.75) is 45.9 Å². The van der Waals surface area contributed by atoms with Crippen LogP contribution in [-0.2, 0) is 14.2 Å². The highest BCUT2D eigenvalue weighted by atomic mass is 16.8. The Bertz CT molecular complexity index is 318. The molecular weight excluding hydrogens is 226 g/mol. The molecule has 0 saturated carbocycles. The minimum absolute atomic E-state index is 0.397. The van der Waals surface area contributed by atoms with Crippen LogP contribution in [0.4, 0.5) is 9.59 Å². The molecule has 1 amide bonds. The molecule has 98 valence electrons. The van der Waals surface area contributed by atoms with Gasteiger partial charge in [-0.05, 0) is 34.6 Å². The highest BCUT2D eigenvalue weighted by molar-refractivity contribution is 5.81. The molecule has 6 nitrogen and oxygen atoms in total. The Balaban J connectivity index is 2.53. The average molecular weight is 245 g/mol. The van der Waals surface area contributed by atoms with Crippen LogP contribution < -0.4 is 0 Å². The second-order valence-corrected chi connectivity index (χ2v) is 5.28. The molecule has 1 aliphatic heterocycles. The molecular formula is C11H19NO5. The van der Waals surface area contributed by atoms with Crippen LogP contribution in [0.1, 0.15) is 34.6 Å². The van der Waals surface area contributed by atoms with Crippen molar-refractivity contribution in [1.82, 2.24) is 4.90 Å². The van der Waals surface area contributed by atoms with Crippen molar-refractivity contribution in [1.29, 1.82) is 0 Å². The summed E-state index contributed by atoms with van der Waals surface area (Å²) in [6, 6.07) is 0. The Morgan fingerprint density at radius 2 is 1.88 bits per heavy atom. The lowest BCUT2D eigenvalue weighted by Gasteiger charge is -2.28. The third-order valence-electron chi connectivity index (χ3n) is 2.20. The molecule has 0 spiro atoms. The van der Waals surface area contributed by atoms with E-state index in [-0.39, 0.29) is 0 Å². The van der Waals surface area contributed by atoms with E-state index in [0.717, 1.165) is 0 Å². The SMILES string of the molecule is CC(C)(C)OC(=O)OC(=O)N1CCOC1(C)C. The summed E-state index contributed by atoms with van der Waals surface area (Å²) in [5.41, 5.74) is -1.44. The maximum absolute atomic E-state index is 11.7. The lowest BCUT2D eigenvalue weighted by Crippen LogP contribution is -2.44. The van der Waals surface area contributed by atoms with Gasteiger partial charge in [0.25, 0.3) is 0 Å². The fourth-order valence-corrected chi connectivity index (χ4v) is 1.44. The molecule has 0 radical (unpaired) electrons. The smallest absolute Gasteiger partial charge is 0.428 e. The minimum atomic E-state index is -0.995. The van der Waals surface area contributed by atoms with Gasteiger partial charge in [-0.15, -0.1) is 0 Å². The van der Waals surface area contributed by atoms with Crippen LogP contribution in [0.25, 0.3) is 0 Å². The summed E-state index contributed by atoms with van der Waals surface area (Å²) in [4.78, 5) is 24.3. The molecule has 0 aromatic rings. The topological polar surface area (TPSA) is 65.1 Å². The van der Waals surface area contributed by atoms with Crippen molar-refractivity contribution in [3.63, 3.8) is 0 Å². The van der Waals surface area contributed by atoms with Crippen LogP contribution in [0.5, 0.6) is 0 Å². The molecule has 0 unspecified atom stereocenters. The summed E-state index contributed by atoms with van der Waals surface area (Å²) in [7, 11) is 0. The molecule has 0 aliphatic carbocycles. The van der Waals surface area contributed by atoms with Gasteiger partial charge in [0.2, 0.25) is 0 Å². The van der Waals surface area contributed by atoms with Gasteiger partial charge in [0, 0.05) is 0 Å². The predicted molar refractivity (Wildman–Crippen MR) is 59.5 cm³/mol. The first-order chi connectivity index (χ1) is 7.62. The summed E-state index contributed by atoms with van der Waals surface area (Å²) >= 11 is 0. The van der Waals surface area contributed by atoms with Gasteiger partial charge >= 0.3 is 12.2 Å². The van der Waals surface area contributed by atoms with Crippen molar-refractivity contribution >= 4 is 12.2 Å². The maximum Gasteiger partial charge on any atom is 0.517 e. The van der Waals surface area contributed by atoms with Gasteiger partial charge in [-0.2, -0.15) is 0 Å². The average Bonchev–Trinajstić information content (AvgIpc) is 2.40. The summed E-state index contributed by atoms with van der Waals surface area (Å²) in [6.45, 7) is 9.38. The number of hydrogen-bond acceptors (Lipinski definition) is 5. The number of rotatable bonds is 0. The zero-order valence-corrected chi connectivity index (χ0v) is 10.9. The Hall–Kier alpha value is -1.30. The quantitative estimate of drug-likeness (QED) is 0.483. The molecule has 1 saturated heterocycles. The first kappa shape index (κ1) is 13.8. The third kappa shape index (κ3) is 3.89. The van der Waals surface area contributed by atoms with Crippen molar-refractivity contribution < 1.29 is 23.8 Å². The fraction of sp³-hybridized carbons (Fsp3) is 0.818. The lowest BCUT2D eigenvalue weighted by atomic mass is 10.2. The highest BCUT2D eigenvalue weighted by Crippen LogP contribution is 2.23. The first-order valence-electron chi connectivity index (χ1n) is 5.48. The van der Waals surface area contributed by atoms with Crippen LogP contribution >= 0.6 is 0 Å². The van der Waals surface area contributed by atoms with E-state index in [2.05, 4.69) is 4.74 Å². The second-order valence-electron chi connectivity index (χ2n) is 5.28. The van der Waals surface area contributed by atoms with Crippen molar-refractivity contribution in [3.05, 3.63) is 0 Å². The largest absolute Gasteiger partial charge is 0.517 e. The number of carbonyl (C=O) groups is 2. The van der Waals surface area contributed by atoms with Crippen molar-refractivity contribution in [2.24, 2.45) is 0 Å². The zero-order chi connectivity index (χ0) is 13.3. The second kappa shape index (κ2) is 4.52. The predicted octanol–water partition coefficient (Wildman–Crippen LogP) is 2.13. The number of carbonyl (C=O) groups excluding carboxylic acids is 2. The summed E-state index contributed by atoms with van der Waals surface area (Å²) in [5, 5.41) is 0. The van der Waals surface area contributed by atoms with Gasteiger partial charge in [-0.3, -0.25) is 4.90 Å². The standard InChI is InChI=1S/C11H19NO5/c1-10(2,3)17-9(14)16-8(13)12-6-7-15-11(12,4)5/h6-7H2,1-5H3. The van der Waals surface area contributed by atoms with E-state index < -0.39 is 23.6 Å². The van der Waals surface area contributed by atoms with Crippen LogP contribution in [-0.4, -0.2) is 41.6 Å². The van der Waals surface area contributed by atoms with Gasteiger partial charge in [0.05, 0.1) is 13.2 Å². The number of nitrogens with zero attached hydrogens (tertiary/aromatic N) is 1. The molecule has 1 aliphatic rings. The summed E-state index contributed by atoms with van der Waals surface area (Å²) in [6.07, 6.45) is -1.74. The van der Waals surface area contributed by atoms with Crippen LogP contribution in [0, 0.1) is 0 Å². The van der Waals surface area contributed by atoms with E-state index in [1.54, 1.807) is 34.6 Å². The lowest BCUT2D eigenvalue weighted by molar-refractivity contribution is -0.0487. The minimum Gasteiger partial charge on any atom is -0.428 e. The van der Waals surface area contributed by atoms with E-state index in [0.29, 0.717) is 13.2 Å².